The Morgan fingerprint density at radius 3 is 2.33 bits per heavy atom. The van der Waals surface area contributed by atoms with Crippen molar-refractivity contribution in [3.63, 3.8) is 0 Å². The highest BCUT2D eigenvalue weighted by atomic mass is 14.9. The van der Waals surface area contributed by atoms with Crippen molar-refractivity contribution in [1.82, 2.24) is 5.32 Å². The lowest BCUT2D eigenvalue weighted by Gasteiger charge is -2.28. The molecule has 1 fully saturated rings. The van der Waals surface area contributed by atoms with E-state index >= 15 is 0 Å². The summed E-state index contributed by atoms with van der Waals surface area (Å²) >= 11 is 0. The van der Waals surface area contributed by atoms with Gasteiger partial charge in [-0.2, -0.15) is 0 Å². The van der Waals surface area contributed by atoms with E-state index in [1.54, 1.807) is 0 Å². The molecule has 1 N–H and O–H groups in total. The second-order valence-corrected chi connectivity index (χ2v) is 7.02. The zero-order chi connectivity index (χ0) is 13.2. The fourth-order valence-corrected chi connectivity index (χ4v) is 2.90. The maximum absolute atomic E-state index is 3.54. The number of benzene rings is 1. The second kappa shape index (κ2) is 5.44. The van der Waals surface area contributed by atoms with Gasteiger partial charge in [0.1, 0.15) is 0 Å². The second-order valence-electron chi connectivity index (χ2n) is 7.02. The van der Waals surface area contributed by atoms with Gasteiger partial charge in [0, 0.05) is 0 Å². The van der Waals surface area contributed by atoms with Crippen molar-refractivity contribution < 1.29 is 0 Å². The molecular formula is C17H27N. The predicted molar refractivity (Wildman–Crippen MR) is 79.0 cm³/mol. The molecule has 1 aromatic carbocycles. The number of rotatable bonds is 2. The summed E-state index contributed by atoms with van der Waals surface area (Å²) in [7, 11) is 0. The molecule has 0 radical (unpaired) electrons. The van der Waals surface area contributed by atoms with E-state index in [4.69, 9.17) is 0 Å². The molecule has 2 atom stereocenters. The van der Waals surface area contributed by atoms with E-state index in [0.717, 1.165) is 11.8 Å². The summed E-state index contributed by atoms with van der Waals surface area (Å²) in [5, 5.41) is 3.54. The average molecular weight is 245 g/mol. The van der Waals surface area contributed by atoms with Gasteiger partial charge in [0.2, 0.25) is 0 Å². The van der Waals surface area contributed by atoms with Gasteiger partial charge in [0.25, 0.3) is 0 Å². The van der Waals surface area contributed by atoms with E-state index in [1.165, 1.54) is 37.1 Å². The third-order valence-corrected chi connectivity index (χ3v) is 4.01. The Hall–Kier alpha value is -0.820. The van der Waals surface area contributed by atoms with Crippen molar-refractivity contribution in [2.45, 2.75) is 46.0 Å². The number of hydrogen-bond donors (Lipinski definition) is 1. The van der Waals surface area contributed by atoms with Gasteiger partial charge in [-0.25, -0.2) is 0 Å². The largest absolute Gasteiger partial charge is 0.316 e. The van der Waals surface area contributed by atoms with Crippen LogP contribution in [0.4, 0.5) is 0 Å². The third-order valence-electron chi connectivity index (χ3n) is 4.01. The molecule has 1 nitrogen and oxygen atoms in total. The Morgan fingerprint density at radius 1 is 1.11 bits per heavy atom. The lowest BCUT2D eigenvalue weighted by molar-refractivity contribution is 0.301. The maximum atomic E-state index is 3.54. The first-order valence-corrected chi connectivity index (χ1v) is 7.25. The standard InChI is InChI=1S/C17H27N/c1-13-9-15(12-18-11-13)10-14-5-7-16(8-6-14)17(2,3)4/h5-8,13,15,18H,9-12H2,1-4H3. The van der Waals surface area contributed by atoms with Crippen LogP contribution in [0.2, 0.25) is 0 Å². The Morgan fingerprint density at radius 2 is 1.78 bits per heavy atom. The zero-order valence-electron chi connectivity index (χ0n) is 12.3. The van der Waals surface area contributed by atoms with E-state index in [0.29, 0.717) is 0 Å². The monoisotopic (exact) mass is 245 g/mol. The van der Waals surface area contributed by atoms with Crippen molar-refractivity contribution in [2.24, 2.45) is 11.8 Å². The molecule has 1 heteroatoms. The van der Waals surface area contributed by atoms with Gasteiger partial charge < -0.3 is 5.32 Å². The van der Waals surface area contributed by atoms with E-state index in [9.17, 15) is 0 Å². The predicted octanol–water partition coefficient (Wildman–Crippen LogP) is 3.77. The van der Waals surface area contributed by atoms with Crippen LogP contribution in [0.25, 0.3) is 0 Å². The summed E-state index contributed by atoms with van der Waals surface area (Å²) in [6.07, 6.45) is 2.59. The van der Waals surface area contributed by atoms with E-state index in [2.05, 4.69) is 57.3 Å². The van der Waals surface area contributed by atoms with Gasteiger partial charge in [-0.05, 0) is 54.3 Å². The Kier molecular flexibility index (Phi) is 4.11. The van der Waals surface area contributed by atoms with Gasteiger partial charge >= 0.3 is 0 Å². The molecule has 0 aliphatic carbocycles. The fraction of sp³-hybridized carbons (Fsp3) is 0.647. The molecule has 2 unspecified atom stereocenters. The summed E-state index contributed by atoms with van der Waals surface area (Å²) in [6.45, 7) is 11.5. The number of hydrogen-bond acceptors (Lipinski definition) is 1. The SMILES string of the molecule is CC1CNCC(Cc2ccc(C(C)(C)C)cc2)C1. The highest BCUT2D eigenvalue weighted by Gasteiger charge is 2.19. The molecule has 1 heterocycles. The zero-order valence-corrected chi connectivity index (χ0v) is 12.3. The molecule has 1 aliphatic rings. The van der Waals surface area contributed by atoms with Crippen molar-refractivity contribution in [3.8, 4) is 0 Å². The summed E-state index contributed by atoms with van der Waals surface area (Å²) in [5.41, 5.74) is 3.18. The molecule has 0 amide bonds. The van der Waals surface area contributed by atoms with Gasteiger partial charge in [0.05, 0.1) is 0 Å². The van der Waals surface area contributed by atoms with Crippen molar-refractivity contribution in [3.05, 3.63) is 35.4 Å². The van der Waals surface area contributed by atoms with Crippen LogP contribution in [0.5, 0.6) is 0 Å². The van der Waals surface area contributed by atoms with Crippen molar-refractivity contribution >= 4 is 0 Å². The lowest BCUT2D eigenvalue weighted by atomic mass is 9.84. The Bertz CT molecular complexity index is 372. The lowest BCUT2D eigenvalue weighted by Crippen LogP contribution is -2.35. The molecule has 2 rings (SSSR count). The van der Waals surface area contributed by atoms with Gasteiger partial charge in [-0.1, -0.05) is 52.0 Å². The van der Waals surface area contributed by atoms with E-state index in [-0.39, 0.29) is 5.41 Å². The summed E-state index contributed by atoms with van der Waals surface area (Å²) < 4.78 is 0. The molecule has 0 bridgehead atoms. The first kappa shape index (κ1) is 13.6. The van der Waals surface area contributed by atoms with Crippen LogP contribution >= 0.6 is 0 Å². The minimum Gasteiger partial charge on any atom is -0.316 e. The van der Waals surface area contributed by atoms with Crippen LogP contribution in [0.1, 0.15) is 45.2 Å². The molecule has 1 aliphatic heterocycles. The molecule has 0 saturated carbocycles. The molecule has 100 valence electrons. The van der Waals surface area contributed by atoms with Crippen LogP contribution in [0.3, 0.4) is 0 Å². The highest BCUT2D eigenvalue weighted by Crippen LogP contribution is 2.24. The molecule has 1 saturated heterocycles. The van der Waals surface area contributed by atoms with Crippen LogP contribution < -0.4 is 5.32 Å². The highest BCUT2D eigenvalue weighted by molar-refractivity contribution is 5.27. The van der Waals surface area contributed by atoms with Crippen molar-refractivity contribution in [1.29, 1.82) is 0 Å². The Balaban J connectivity index is 1.98. The van der Waals surface area contributed by atoms with Crippen LogP contribution in [0, 0.1) is 11.8 Å². The minimum absolute atomic E-state index is 0.263. The number of nitrogens with one attached hydrogen (secondary N) is 1. The van der Waals surface area contributed by atoms with E-state index < -0.39 is 0 Å². The van der Waals surface area contributed by atoms with Crippen LogP contribution in [0.15, 0.2) is 24.3 Å². The summed E-state index contributed by atoms with van der Waals surface area (Å²) in [4.78, 5) is 0. The summed E-state index contributed by atoms with van der Waals surface area (Å²) in [6, 6.07) is 9.24. The molecule has 0 aromatic heterocycles. The Labute approximate surface area is 112 Å². The molecule has 0 spiro atoms. The third kappa shape index (κ3) is 3.58. The fourth-order valence-electron chi connectivity index (χ4n) is 2.90. The average Bonchev–Trinajstić information content (AvgIpc) is 2.28. The topological polar surface area (TPSA) is 12.0 Å². The normalized spacial score (nSPS) is 25.1. The summed E-state index contributed by atoms with van der Waals surface area (Å²) in [5.74, 6) is 1.65. The minimum atomic E-state index is 0.263. The van der Waals surface area contributed by atoms with Crippen molar-refractivity contribution in [2.75, 3.05) is 13.1 Å². The van der Waals surface area contributed by atoms with Gasteiger partial charge in [-0.3, -0.25) is 0 Å². The molecular weight excluding hydrogens is 218 g/mol. The smallest absolute Gasteiger partial charge is 0.00171 e. The quantitative estimate of drug-likeness (QED) is 0.836. The first-order valence-electron chi connectivity index (χ1n) is 7.25. The van der Waals surface area contributed by atoms with Gasteiger partial charge in [-0.15, -0.1) is 0 Å². The van der Waals surface area contributed by atoms with Crippen LogP contribution in [-0.2, 0) is 11.8 Å². The maximum Gasteiger partial charge on any atom is -0.00171 e. The van der Waals surface area contributed by atoms with Gasteiger partial charge in [0.15, 0.2) is 0 Å². The molecule has 1 aromatic rings. The molecule has 18 heavy (non-hydrogen) atoms. The van der Waals surface area contributed by atoms with Crippen LogP contribution in [-0.4, -0.2) is 13.1 Å². The number of piperidine rings is 1. The van der Waals surface area contributed by atoms with E-state index in [1.807, 2.05) is 0 Å². The first-order chi connectivity index (χ1) is 8.45.